The van der Waals surface area contributed by atoms with Gasteiger partial charge < -0.3 is 96.9 Å². The van der Waals surface area contributed by atoms with Gasteiger partial charge >= 0.3 is 6.09 Å². The molecule has 17 bridgehead atoms. The Kier molecular flexibility index (Phi) is 17.8. The van der Waals surface area contributed by atoms with Crippen LogP contribution in [0.15, 0.2) is 152 Å². The van der Waals surface area contributed by atoms with Gasteiger partial charge in [0, 0.05) is 22.8 Å². The Morgan fingerprint density at radius 1 is 0.531 bits per heavy atom. The molecule has 14 rings (SSSR count). The number of aliphatic hydroxyl groups is 2. The lowest BCUT2D eigenvalue weighted by atomic mass is 9.89. The van der Waals surface area contributed by atoms with Crippen molar-refractivity contribution in [2.24, 2.45) is 5.73 Å². The van der Waals surface area contributed by atoms with Crippen LogP contribution in [0.4, 0.5) is 4.79 Å². The summed E-state index contributed by atoms with van der Waals surface area (Å²) in [4.78, 5) is 110. The quantitative estimate of drug-likeness (QED) is 0.0824. The van der Waals surface area contributed by atoms with Gasteiger partial charge in [0.1, 0.15) is 94.3 Å². The monoisotopic (exact) mass is 1340 g/mol. The van der Waals surface area contributed by atoms with Gasteiger partial charge in [0.2, 0.25) is 35.3 Å². The molecule has 7 amide bonds. The Balaban J connectivity index is 1.11. The van der Waals surface area contributed by atoms with Crippen molar-refractivity contribution in [1.29, 1.82) is 0 Å². The van der Waals surface area contributed by atoms with E-state index in [1.807, 2.05) is 0 Å². The van der Waals surface area contributed by atoms with Crippen LogP contribution in [0.5, 0.6) is 69.0 Å². The molecule has 6 aliphatic rings. The Labute approximate surface area is 557 Å². The SMILES string of the molecule is Cc1c(O)cc2cc1Oc1cc(ccc1O)[C@H](N)C(=O)N[C@H]1C(=O)NC2C(=O)N(C(=O)OC(C)(C)C)[C@H]2C(=O)N[C@H]3C(=O)N[C@H](C(=O)NC(COCc4ccccc4)c4cc(O)cc(O)c4-c4cc3ccc4O)[C@H](O)c3ccc(cc3)Oc3cc2cc(c3O)Oc2ccc(cc2)[C@H]1O. The first kappa shape index (κ1) is 66.1. The highest BCUT2D eigenvalue weighted by atomic mass is 16.6. The number of nitrogens with one attached hydrogen (secondary N) is 5. The number of ether oxygens (including phenoxy) is 5. The van der Waals surface area contributed by atoms with E-state index in [1.165, 1.54) is 107 Å². The van der Waals surface area contributed by atoms with E-state index < -0.39 is 165 Å². The van der Waals surface area contributed by atoms with Crippen LogP contribution in [0.1, 0.15) is 113 Å². The summed E-state index contributed by atoms with van der Waals surface area (Å²) in [6.45, 7) is 5.20. The molecule has 27 nitrogen and oxygen atoms in total. The molecule has 8 aromatic rings. The van der Waals surface area contributed by atoms with Gasteiger partial charge in [-0.05, 0) is 151 Å². The highest BCUT2D eigenvalue weighted by Gasteiger charge is 2.47. The summed E-state index contributed by atoms with van der Waals surface area (Å²) in [5.41, 5.74) is 3.88. The number of phenolic OH excluding ortho intramolecular Hbond substituents is 6. The summed E-state index contributed by atoms with van der Waals surface area (Å²) in [5.74, 6) is -13.5. The van der Waals surface area contributed by atoms with E-state index in [-0.39, 0.29) is 79.0 Å². The third kappa shape index (κ3) is 13.3. The van der Waals surface area contributed by atoms with E-state index in [0.717, 1.165) is 42.5 Å². The second-order valence-corrected chi connectivity index (χ2v) is 24.8. The Morgan fingerprint density at radius 3 is 1.72 bits per heavy atom. The number of carbonyl (C=O) groups excluding carboxylic acids is 7. The molecule has 8 aromatic carbocycles. The van der Waals surface area contributed by atoms with Gasteiger partial charge in [0.05, 0.1) is 19.3 Å². The van der Waals surface area contributed by atoms with E-state index in [9.17, 15) is 45.6 Å². The summed E-state index contributed by atoms with van der Waals surface area (Å²) in [7, 11) is 0. The maximum Gasteiger partial charge on any atom is 0.418 e. The maximum atomic E-state index is 16.7. The third-order valence-electron chi connectivity index (χ3n) is 16.9. The standard InChI is InChI=1S/C71H65N7O20/c1-32-48(82)23-38-25-50(32)97-51-24-36(14-21-47(51)81)55(72)64(87)76-59-62(85)35-12-18-42(19-13-35)96-53-27-39-26-52(63(53)86)95-41-16-10-34(11-17-41)61(84)58-66(89)73-45(31-94-30-33-8-6-5-7-9-33)43-28-40(79)29-49(83)54(43)44-22-37(15-20-46(44)80)56(65(88)77-58)74-68(91)60(39)78(70(93)98-71(2,3)4)69(92)57(38)75-67(59)90/h5-29,45,55-62,79-86H,30-31,72H2,1-4H3,(H,73,89)(H,74,91)(H,75,90)(H,76,87)(H,77,88)/t45?,55-,56+,57?,58-,59+,60+,61+,62+/m0/s1. The minimum atomic E-state index is -2.56. The molecule has 0 aliphatic carbocycles. The Morgan fingerprint density at radius 2 is 1.09 bits per heavy atom. The summed E-state index contributed by atoms with van der Waals surface area (Å²) in [6.07, 6.45) is -5.67. The molecule has 15 N–H and O–H groups in total. The van der Waals surface area contributed by atoms with Crippen molar-refractivity contribution in [2.45, 2.75) is 94.4 Å². The topological polar surface area (TPSA) is 417 Å². The highest BCUT2D eigenvalue weighted by Crippen LogP contribution is 2.48. The van der Waals surface area contributed by atoms with E-state index in [0.29, 0.717) is 5.56 Å². The van der Waals surface area contributed by atoms with Crippen molar-refractivity contribution in [3.8, 4) is 80.1 Å². The van der Waals surface area contributed by atoms with Crippen LogP contribution >= 0.6 is 0 Å². The number of nitrogens with two attached hydrogens (primary N) is 1. The molecule has 0 fully saturated rings. The number of aromatic hydroxyl groups is 6. The average Bonchev–Trinajstić information content (AvgIpc) is 0.773. The van der Waals surface area contributed by atoms with Crippen LogP contribution in [0.3, 0.4) is 0 Å². The average molecular weight is 1340 g/mol. The zero-order valence-electron chi connectivity index (χ0n) is 52.5. The van der Waals surface area contributed by atoms with E-state index in [4.69, 9.17) is 29.4 Å². The fourth-order valence-electron chi connectivity index (χ4n) is 11.8. The molecule has 27 heteroatoms. The zero-order valence-corrected chi connectivity index (χ0v) is 52.5. The molecule has 0 aromatic heterocycles. The Hall–Kier alpha value is -11.9. The van der Waals surface area contributed by atoms with E-state index >= 15 is 28.8 Å². The predicted molar refractivity (Wildman–Crippen MR) is 344 cm³/mol. The number of nitrogens with zero attached hydrogens (tertiary/aromatic N) is 1. The second kappa shape index (κ2) is 26.4. The molecule has 2 unspecified atom stereocenters. The number of benzene rings is 8. The van der Waals surface area contributed by atoms with Crippen molar-refractivity contribution in [1.82, 2.24) is 31.5 Å². The molecule has 6 aliphatic heterocycles. The third-order valence-corrected chi connectivity index (χ3v) is 16.9. The van der Waals surface area contributed by atoms with Crippen molar-refractivity contribution < 1.29 is 98.1 Å². The van der Waals surface area contributed by atoms with Crippen LogP contribution in [0.25, 0.3) is 11.1 Å². The first-order valence-electron chi connectivity index (χ1n) is 30.7. The van der Waals surface area contributed by atoms with Gasteiger partial charge in [-0.1, -0.05) is 66.7 Å². The number of hydrogen-bond acceptors (Lipinski definition) is 21. The summed E-state index contributed by atoms with van der Waals surface area (Å²) >= 11 is 0. The van der Waals surface area contributed by atoms with Crippen LogP contribution in [-0.2, 0) is 44.8 Å². The number of rotatable bonds is 4. The first-order chi connectivity index (χ1) is 46.7. The molecular formula is C71H65N7O20. The lowest BCUT2D eigenvalue weighted by Crippen LogP contribution is -2.57. The number of carbonyl (C=O) groups is 7. The van der Waals surface area contributed by atoms with Gasteiger partial charge in [-0.3, -0.25) is 28.8 Å². The molecule has 0 saturated carbocycles. The van der Waals surface area contributed by atoms with Gasteiger partial charge in [0.25, 0.3) is 5.91 Å². The normalized spacial score (nSPS) is 21.7. The van der Waals surface area contributed by atoms with E-state index in [1.54, 1.807) is 30.3 Å². The highest BCUT2D eigenvalue weighted by molar-refractivity contribution is 6.04. The number of amides is 7. The summed E-state index contributed by atoms with van der Waals surface area (Å²) < 4.78 is 31.0. The maximum absolute atomic E-state index is 16.7. The fraction of sp³-hybridized carbons (Fsp3) is 0.225. The Bertz CT molecular complexity index is 4530. The van der Waals surface area contributed by atoms with Crippen LogP contribution in [0, 0.1) is 6.92 Å². The van der Waals surface area contributed by atoms with Crippen molar-refractivity contribution >= 4 is 41.5 Å². The van der Waals surface area contributed by atoms with Crippen LogP contribution < -0.4 is 46.5 Å². The first-order valence-corrected chi connectivity index (χ1v) is 30.7. The number of aliphatic hydroxyl groups excluding tert-OH is 2. The smallest absolute Gasteiger partial charge is 0.418 e. The summed E-state index contributed by atoms with van der Waals surface area (Å²) in [5, 5.41) is 108. The lowest BCUT2D eigenvalue weighted by Gasteiger charge is -2.36. The largest absolute Gasteiger partial charge is 0.508 e. The van der Waals surface area contributed by atoms with Crippen LogP contribution in [-0.4, -0.2) is 112 Å². The molecule has 0 saturated heterocycles. The molecule has 98 heavy (non-hydrogen) atoms. The minimum absolute atomic E-state index is 0.0116. The molecule has 6 heterocycles. The molecule has 504 valence electrons. The van der Waals surface area contributed by atoms with Gasteiger partial charge in [-0.25, -0.2) is 9.69 Å². The predicted octanol–water partition coefficient (Wildman–Crippen LogP) is 7.26. The van der Waals surface area contributed by atoms with Gasteiger partial charge in [0.15, 0.2) is 23.0 Å². The van der Waals surface area contributed by atoms with Gasteiger partial charge in [-0.2, -0.15) is 0 Å². The molecule has 0 spiro atoms. The van der Waals surface area contributed by atoms with E-state index in [2.05, 4.69) is 26.6 Å². The van der Waals surface area contributed by atoms with Crippen LogP contribution in [0.2, 0.25) is 0 Å². The number of phenols is 6. The number of fused-ring (bicyclic) bond motifs is 14. The number of hydrogen-bond donors (Lipinski definition) is 14. The van der Waals surface area contributed by atoms with Crippen molar-refractivity contribution in [2.75, 3.05) is 6.61 Å². The number of imide groups is 1. The van der Waals surface area contributed by atoms with Gasteiger partial charge in [-0.15, -0.1) is 0 Å². The van der Waals surface area contributed by atoms with Crippen molar-refractivity contribution in [3.05, 3.63) is 202 Å². The second-order valence-electron chi connectivity index (χ2n) is 24.8. The summed E-state index contributed by atoms with van der Waals surface area (Å²) in [6, 6.07) is 18.6. The molecule has 0 radical (unpaired) electrons. The van der Waals surface area contributed by atoms with Crippen molar-refractivity contribution in [3.63, 3.8) is 0 Å². The fourth-order valence-corrected chi connectivity index (χ4v) is 11.8. The molecular weight excluding hydrogens is 1270 g/mol. The zero-order chi connectivity index (χ0) is 69.8. The minimum Gasteiger partial charge on any atom is -0.508 e. The molecule has 9 atom stereocenters. The lowest BCUT2D eigenvalue weighted by molar-refractivity contribution is -0.144.